The van der Waals surface area contributed by atoms with E-state index in [1.54, 1.807) is 14.1 Å². The molecule has 15 heteroatoms. The maximum atomic E-state index is 13.8. The lowest BCUT2D eigenvalue weighted by molar-refractivity contribution is -0.818. The molecule has 0 aliphatic heterocycles. The number of nitrogens with zero attached hydrogens (tertiary/aromatic N) is 2. The van der Waals surface area contributed by atoms with Crippen LogP contribution in [0.1, 0.15) is 122 Å². The third-order valence-corrected chi connectivity index (χ3v) is 9.54. The van der Waals surface area contributed by atoms with Crippen molar-refractivity contribution in [3.8, 4) is 0 Å². The van der Waals surface area contributed by atoms with Crippen LogP contribution in [0.25, 0.3) is 0 Å². The lowest BCUT2D eigenvalue weighted by Gasteiger charge is -2.37. The largest absolute Gasteiger partial charge is 0.515 e. The van der Waals surface area contributed by atoms with Gasteiger partial charge in [-0.25, -0.2) is 14.1 Å². The number of carbonyl (C=O) groups excluding carboxylic acids is 3. The zero-order valence-electron chi connectivity index (χ0n) is 38.3. The highest BCUT2D eigenvalue weighted by Gasteiger charge is 2.41. The van der Waals surface area contributed by atoms with Crippen molar-refractivity contribution in [2.24, 2.45) is 21.7 Å². The molecule has 3 amide bonds. The monoisotopic (exact) mass is 852 g/mol. The molecule has 0 spiro atoms. The van der Waals surface area contributed by atoms with Gasteiger partial charge in [0.25, 0.3) is 0 Å². The molecule has 0 aromatic rings. The number of alkyl carbamates (subject to hydrolysis) is 2. The Bertz CT molecular complexity index is 1210. The Balaban J connectivity index is 6.43. The molecule has 0 heterocycles. The number of thiocarbonyl (C=S) groups is 1. The summed E-state index contributed by atoms with van der Waals surface area (Å²) < 4.78 is 17.2. The van der Waals surface area contributed by atoms with Gasteiger partial charge < -0.3 is 40.4 Å². The third kappa shape index (κ3) is 27.1. The van der Waals surface area contributed by atoms with Crippen LogP contribution in [0.5, 0.6) is 0 Å². The fourth-order valence-corrected chi connectivity index (χ4v) is 8.46. The van der Waals surface area contributed by atoms with E-state index in [-0.39, 0.29) is 60.6 Å². The van der Waals surface area contributed by atoms with E-state index in [0.29, 0.717) is 26.2 Å². The van der Waals surface area contributed by atoms with E-state index >= 15 is 0 Å². The molecule has 0 bridgehead atoms. The summed E-state index contributed by atoms with van der Waals surface area (Å²) in [6.07, 6.45) is 2.23. The highest BCUT2D eigenvalue weighted by Crippen LogP contribution is 2.35. The molecule has 1 atom stereocenters. The predicted octanol–water partition coefficient (Wildman–Crippen LogP) is 7.91. The van der Waals surface area contributed by atoms with Gasteiger partial charge in [0, 0.05) is 35.5 Å². The summed E-state index contributed by atoms with van der Waals surface area (Å²) in [7, 11) is 7.59. The van der Waals surface area contributed by atoms with Gasteiger partial charge in [-0.1, -0.05) is 90.0 Å². The number of amides is 3. The van der Waals surface area contributed by atoms with Gasteiger partial charge in [-0.2, -0.15) is 30.1 Å². The lowest BCUT2D eigenvalue weighted by Crippen LogP contribution is -2.62. The van der Waals surface area contributed by atoms with E-state index in [4.69, 9.17) is 39.1 Å². The smallest absolute Gasteiger partial charge is 0.447 e. The van der Waals surface area contributed by atoms with Crippen molar-refractivity contribution in [2.45, 2.75) is 137 Å². The number of hydrogen-bond donors (Lipinski definition) is 6. The minimum Gasteiger partial charge on any atom is -0.447 e. The van der Waals surface area contributed by atoms with Gasteiger partial charge in [-0.05, 0) is 80.2 Å². The second-order valence-corrected chi connectivity index (χ2v) is 24.4. The number of nitrogens with one attached hydrogen (secondary N) is 4. The molecule has 0 aliphatic rings. The van der Waals surface area contributed by atoms with Crippen LogP contribution in [-0.2, 0) is 14.2 Å². The van der Waals surface area contributed by atoms with E-state index < -0.39 is 23.8 Å². The number of ether oxygens (including phenoxy) is 3. The molecule has 1 unspecified atom stereocenters. The van der Waals surface area contributed by atoms with Crippen LogP contribution in [0.4, 0.5) is 14.4 Å². The van der Waals surface area contributed by atoms with Crippen LogP contribution in [0.15, 0.2) is 0 Å². The highest BCUT2D eigenvalue weighted by atomic mass is 32.1. The first-order valence-electron chi connectivity index (χ1n) is 19.9. The molecule has 0 aromatic heterocycles. The summed E-state index contributed by atoms with van der Waals surface area (Å²) in [6.45, 7) is 29.0. The van der Waals surface area contributed by atoms with Gasteiger partial charge in [0.15, 0.2) is 5.11 Å². The normalized spacial score (nSPS) is 14.4. The van der Waals surface area contributed by atoms with E-state index in [1.165, 1.54) is 0 Å². The molecule has 0 rings (SSSR count). The van der Waals surface area contributed by atoms with E-state index in [1.807, 2.05) is 41.8 Å². The number of quaternary nitrogens is 1. The van der Waals surface area contributed by atoms with Gasteiger partial charge in [-0.3, -0.25) is 0 Å². The Kier molecular flexibility index (Phi) is 21.4. The van der Waals surface area contributed by atoms with Crippen LogP contribution in [0, 0.1) is 21.7 Å². The average molecular weight is 852 g/mol. The SMILES string of the molecule is CN(C)CCCNC(=S)NC(COC(=O)NCC(C)(C)CC(C)(C)C)(COC(=O)NCC(C)(C)CC(C)(C)S)COC(=O)[N+](C)(C)CCC(C)(C)CC(C)(C)S. The summed E-state index contributed by atoms with van der Waals surface area (Å²) in [5, 5.41) is 12.4. The van der Waals surface area contributed by atoms with Crippen LogP contribution >= 0.6 is 37.5 Å². The van der Waals surface area contributed by atoms with Crippen LogP contribution in [-0.4, -0.2) is 129 Å². The second-order valence-electron chi connectivity index (χ2n) is 21.6. The van der Waals surface area contributed by atoms with Crippen molar-refractivity contribution < 1.29 is 33.1 Å². The molecule has 0 saturated heterocycles. The maximum absolute atomic E-state index is 13.8. The Morgan fingerprint density at radius 3 is 1.52 bits per heavy atom. The molecule has 12 nitrogen and oxygen atoms in total. The molecular weight excluding hydrogens is 769 g/mol. The van der Waals surface area contributed by atoms with E-state index in [2.05, 4.69) is 101 Å². The first-order chi connectivity index (χ1) is 25.0. The van der Waals surface area contributed by atoms with E-state index in [0.717, 1.165) is 38.6 Å². The molecule has 0 fully saturated rings. The fraction of sp³-hybridized carbons (Fsp3) is 0.902. The van der Waals surface area contributed by atoms with Gasteiger partial charge >= 0.3 is 18.3 Å². The molecule has 0 radical (unpaired) electrons. The quantitative estimate of drug-likeness (QED) is 0.0199. The zero-order valence-corrected chi connectivity index (χ0v) is 40.9. The van der Waals surface area contributed by atoms with Gasteiger partial charge in [0.2, 0.25) is 0 Å². The van der Waals surface area contributed by atoms with Gasteiger partial charge in [0.05, 0.1) is 20.6 Å². The number of thiol groups is 2. The molecule has 330 valence electrons. The topological polar surface area (TPSA) is 130 Å². The Hall–Kier alpha value is -1.68. The summed E-state index contributed by atoms with van der Waals surface area (Å²) in [6, 6.07) is 0. The van der Waals surface area contributed by atoms with Crippen molar-refractivity contribution in [2.75, 3.05) is 80.7 Å². The first kappa shape index (κ1) is 54.3. The number of carbonyl (C=O) groups is 3. The predicted molar refractivity (Wildman–Crippen MR) is 242 cm³/mol. The van der Waals surface area contributed by atoms with Crippen molar-refractivity contribution in [1.82, 2.24) is 26.2 Å². The molecule has 4 N–H and O–H groups in total. The van der Waals surface area contributed by atoms with E-state index in [9.17, 15) is 14.4 Å². The third-order valence-electron chi connectivity index (χ3n) is 8.97. The number of hydrogen-bond acceptors (Lipinski definition) is 10. The molecule has 56 heavy (non-hydrogen) atoms. The molecule has 0 saturated carbocycles. The van der Waals surface area contributed by atoms with Crippen molar-refractivity contribution in [3.63, 3.8) is 0 Å². The fourth-order valence-electron chi connectivity index (χ4n) is 7.29. The Morgan fingerprint density at radius 1 is 0.661 bits per heavy atom. The second kappa shape index (κ2) is 22.1. The van der Waals surface area contributed by atoms with Gasteiger partial charge in [0.1, 0.15) is 25.4 Å². The maximum Gasteiger partial charge on any atom is 0.515 e. The standard InChI is InChI=1S/C41H82N6O6S3/c1-35(2,3)23-37(6,7)26-43-32(48)51-28-41(45-31(54)42-20-18-21-46(14)15,29-52-33(49)44-27-38(8,9)25-40(12,13)56)30-53-34(50)47(16,17)22-19-36(4,5)24-39(10,11)55/h18-30H2,1-17H3,(H5-,42,43,44,45,48,49,54,55,56)/p+1. The summed E-state index contributed by atoms with van der Waals surface area (Å²) in [4.78, 5) is 42.4. The zero-order chi connectivity index (χ0) is 44.0. The summed E-state index contributed by atoms with van der Waals surface area (Å²) >= 11 is 15.1. The van der Waals surface area contributed by atoms with Crippen molar-refractivity contribution in [3.05, 3.63) is 0 Å². The molecule has 0 aliphatic carbocycles. The molecule has 0 aromatic carbocycles. The Labute approximate surface area is 358 Å². The van der Waals surface area contributed by atoms with Crippen molar-refractivity contribution in [1.29, 1.82) is 0 Å². The highest BCUT2D eigenvalue weighted by molar-refractivity contribution is 7.82. The van der Waals surface area contributed by atoms with Crippen LogP contribution in [0.3, 0.4) is 0 Å². The average Bonchev–Trinajstić information content (AvgIpc) is 2.97. The molecular formula is C41H83N6O6S3+. The minimum atomic E-state index is -1.44. The van der Waals surface area contributed by atoms with Crippen molar-refractivity contribution >= 4 is 60.9 Å². The van der Waals surface area contributed by atoms with Crippen LogP contribution < -0.4 is 21.3 Å². The first-order valence-corrected chi connectivity index (χ1v) is 21.2. The summed E-state index contributed by atoms with van der Waals surface area (Å²) in [5.74, 6) is 0. The number of rotatable bonds is 23. The van der Waals surface area contributed by atoms with Gasteiger partial charge in [-0.15, -0.1) is 0 Å². The minimum absolute atomic E-state index is 0.0537. The Morgan fingerprint density at radius 2 is 1.09 bits per heavy atom. The summed E-state index contributed by atoms with van der Waals surface area (Å²) in [5.41, 5.74) is -1.91. The lowest BCUT2D eigenvalue weighted by atomic mass is 9.76. The van der Waals surface area contributed by atoms with Crippen LogP contribution in [0.2, 0.25) is 0 Å².